The molecule has 0 saturated carbocycles. The number of nitrogens with zero attached hydrogens (tertiary/aromatic N) is 3. The number of amides is 1. The van der Waals surface area contributed by atoms with Gasteiger partial charge in [0.2, 0.25) is 11.8 Å². The Morgan fingerprint density at radius 3 is 2.83 bits per heavy atom. The van der Waals surface area contributed by atoms with Crippen LogP contribution in [-0.4, -0.2) is 20.8 Å². The first-order valence-electron chi connectivity index (χ1n) is 8.73. The number of nitro groups is 1. The maximum atomic E-state index is 12.2. The third-order valence-electron chi connectivity index (χ3n) is 4.12. The smallest absolute Gasteiger partial charge is 0.270 e. The Bertz CT molecular complexity index is 1300. The minimum absolute atomic E-state index is 0.0366. The number of hydrogen-bond donors (Lipinski definition) is 1. The SMILES string of the molecule is O=C(C=Cc1cccc([N+](=O)[O-])c1)Nc1ccc2oc(-c3cncc(Br)c3)nc2c1. The van der Waals surface area contributed by atoms with E-state index in [1.165, 1.54) is 24.3 Å². The van der Waals surface area contributed by atoms with Gasteiger partial charge in [0.05, 0.1) is 10.5 Å². The van der Waals surface area contributed by atoms with Gasteiger partial charge in [0, 0.05) is 40.8 Å². The van der Waals surface area contributed by atoms with Crippen LogP contribution in [0.3, 0.4) is 0 Å². The lowest BCUT2D eigenvalue weighted by atomic mass is 10.2. The molecule has 2 aromatic heterocycles. The third kappa shape index (κ3) is 4.41. The fourth-order valence-electron chi connectivity index (χ4n) is 2.76. The second kappa shape index (κ2) is 8.26. The van der Waals surface area contributed by atoms with E-state index in [9.17, 15) is 14.9 Å². The minimum atomic E-state index is -0.483. The quantitative estimate of drug-likeness (QED) is 0.246. The zero-order chi connectivity index (χ0) is 21.1. The van der Waals surface area contributed by atoms with Crippen LogP contribution in [0.25, 0.3) is 28.6 Å². The van der Waals surface area contributed by atoms with Crippen molar-refractivity contribution in [2.75, 3.05) is 5.32 Å². The zero-order valence-corrected chi connectivity index (χ0v) is 16.9. The van der Waals surface area contributed by atoms with E-state index < -0.39 is 4.92 Å². The van der Waals surface area contributed by atoms with Gasteiger partial charge in [-0.1, -0.05) is 12.1 Å². The predicted molar refractivity (Wildman–Crippen MR) is 116 cm³/mol. The Morgan fingerprint density at radius 2 is 2.03 bits per heavy atom. The van der Waals surface area contributed by atoms with Gasteiger partial charge in [-0.25, -0.2) is 4.98 Å². The molecule has 0 spiro atoms. The Morgan fingerprint density at radius 1 is 1.17 bits per heavy atom. The Labute approximate surface area is 178 Å². The number of oxazole rings is 1. The van der Waals surface area contributed by atoms with E-state index in [1.54, 1.807) is 42.7 Å². The third-order valence-corrected chi connectivity index (χ3v) is 4.55. The normalized spacial score (nSPS) is 11.1. The fraction of sp³-hybridized carbons (Fsp3) is 0. The van der Waals surface area contributed by atoms with Crippen LogP contribution in [-0.2, 0) is 4.79 Å². The van der Waals surface area contributed by atoms with Gasteiger partial charge < -0.3 is 9.73 Å². The zero-order valence-electron chi connectivity index (χ0n) is 15.3. The van der Waals surface area contributed by atoms with Gasteiger partial charge in [0.25, 0.3) is 5.69 Å². The molecule has 0 saturated heterocycles. The highest BCUT2D eigenvalue weighted by atomic mass is 79.9. The van der Waals surface area contributed by atoms with Crippen LogP contribution in [0.5, 0.6) is 0 Å². The van der Waals surface area contributed by atoms with Crippen molar-refractivity contribution in [1.29, 1.82) is 0 Å². The second-order valence-corrected chi connectivity index (χ2v) is 7.18. The summed E-state index contributed by atoms with van der Waals surface area (Å²) in [6.45, 7) is 0. The van der Waals surface area contributed by atoms with E-state index in [0.29, 0.717) is 28.2 Å². The van der Waals surface area contributed by atoms with Crippen LogP contribution in [0.15, 0.2) is 75.9 Å². The molecule has 4 rings (SSSR count). The highest BCUT2D eigenvalue weighted by Gasteiger charge is 2.10. The van der Waals surface area contributed by atoms with Gasteiger partial charge >= 0.3 is 0 Å². The highest BCUT2D eigenvalue weighted by molar-refractivity contribution is 9.10. The second-order valence-electron chi connectivity index (χ2n) is 6.27. The van der Waals surface area contributed by atoms with Crippen molar-refractivity contribution in [2.24, 2.45) is 0 Å². The summed E-state index contributed by atoms with van der Waals surface area (Å²) in [6.07, 6.45) is 6.14. The van der Waals surface area contributed by atoms with E-state index >= 15 is 0 Å². The summed E-state index contributed by atoms with van der Waals surface area (Å²) >= 11 is 3.37. The van der Waals surface area contributed by atoms with Crippen molar-refractivity contribution in [1.82, 2.24) is 9.97 Å². The van der Waals surface area contributed by atoms with Gasteiger partial charge in [-0.05, 0) is 51.8 Å². The largest absolute Gasteiger partial charge is 0.436 e. The monoisotopic (exact) mass is 464 g/mol. The van der Waals surface area contributed by atoms with Gasteiger partial charge in [-0.15, -0.1) is 0 Å². The number of carbonyl (C=O) groups is 1. The number of nitrogens with one attached hydrogen (secondary N) is 1. The van der Waals surface area contributed by atoms with Crippen LogP contribution in [0.2, 0.25) is 0 Å². The number of non-ortho nitro benzene ring substituents is 1. The molecular formula is C21H13BrN4O4. The average Bonchev–Trinajstić information content (AvgIpc) is 3.16. The molecule has 1 N–H and O–H groups in total. The standard InChI is InChI=1S/C21H13BrN4O4/c22-15-9-14(11-23-12-15)21-25-18-10-16(5-6-19(18)30-21)24-20(27)7-4-13-2-1-3-17(8-13)26(28)29/h1-12H,(H,24,27). The van der Waals surface area contributed by atoms with E-state index in [-0.39, 0.29) is 11.6 Å². The number of aromatic nitrogens is 2. The number of carbonyl (C=O) groups excluding carboxylic acids is 1. The number of fused-ring (bicyclic) bond motifs is 1. The van der Waals surface area contributed by atoms with Gasteiger partial charge in [-0.3, -0.25) is 19.9 Å². The molecule has 0 aliphatic heterocycles. The number of rotatable bonds is 5. The van der Waals surface area contributed by atoms with Gasteiger partial charge in [0.15, 0.2) is 5.58 Å². The van der Waals surface area contributed by atoms with Crippen LogP contribution in [0.1, 0.15) is 5.56 Å². The summed E-state index contributed by atoms with van der Waals surface area (Å²) in [5, 5.41) is 13.6. The number of halogens is 1. The molecule has 0 atom stereocenters. The molecule has 4 aromatic rings. The predicted octanol–water partition coefficient (Wildman–Crippen LogP) is 5.21. The van der Waals surface area contributed by atoms with Gasteiger partial charge in [-0.2, -0.15) is 0 Å². The Kier molecular flexibility index (Phi) is 5.36. The first-order valence-corrected chi connectivity index (χ1v) is 9.52. The Balaban J connectivity index is 1.50. The van der Waals surface area contributed by atoms with Crippen molar-refractivity contribution in [3.05, 3.63) is 87.2 Å². The molecule has 30 heavy (non-hydrogen) atoms. The van der Waals surface area contributed by atoms with E-state index in [4.69, 9.17) is 4.42 Å². The topological polar surface area (TPSA) is 111 Å². The molecule has 9 heteroatoms. The van der Waals surface area contributed by atoms with Crippen molar-refractivity contribution in [2.45, 2.75) is 0 Å². The molecule has 8 nitrogen and oxygen atoms in total. The molecule has 0 aliphatic carbocycles. The molecule has 2 heterocycles. The summed E-state index contributed by atoms with van der Waals surface area (Å²) in [5.74, 6) is 0.0496. The average molecular weight is 465 g/mol. The molecule has 0 aliphatic rings. The molecule has 2 aromatic carbocycles. The summed E-state index contributed by atoms with van der Waals surface area (Å²) in [7, 11) is 0. The van der Waals surface area contributed by atoms with Crippen LogP contribution >= 0.6 is 15.9 Å². The van der Waals surface area contributed by atoms with Gasteiger partial charge in [0.1, 0.15) is 5.52 Å². The minimum Gasteiger partial charge on any atom is -0.436 e. The molecule has 148 valence electrons. The maximum Gasteiger partial charge on any atom is 0.270 e. The highest BCUT2D eigenvalue weighted by Crippen LogP contribution is 2.27. The number of pyridine rings is 1. The first kappa shape index (κ1) is 19.5. The molecular weight excluding hydrogens is 452 g/mol. The maximum absolute atomic E-state index is 12.2. The number of benzene rings is 2. The lowest BCUT2D eigenvalue weighted by Gasteiger charge is -2.01. The summed E-state index contributed by atoms with van der Waals surface area (Å²) < 4.78 is 6.56. The van der Waals surface area contributed by atoms with Crippen LogP contribution < -0.4 is 5.32 Å². The molecule has 0 radical (unpaired) electrons. The number of hydrogen-bond acceptors (Lipinski definition) is 6. The molecule has 0 bridgehead atoms. The molecule has 0 unspecified atom stereocenters. The van der Waals surface area contributed by atoms with E-state index in [2.05, 4.69) is 31.2 Å². The van der Waals surface area contributed by atoms with E-state index in [1.807, 2.05) is 6.07 Å². The van der Waals surface area contributed by atoms with Crippen LogP contribution in [0.4, 0.5) is 11.4 Å². The molecule has 1 amide bonds. The first-order chi connectivity index (χ1) is 14.5. The lowest BCUT2D eigenvalue weighted by Crippen LogP contribution is -2.07. The summed E-state index contributed by atoms with van der Waals surface area (Å²) in [6, 6.07) is 13.0. The molecule has 0 fully saturated rings. The summed E-state index contributed by atoms with van der Waals surface area (Å²) in [4.78, 5) is 31.1. The van der Waals surface area contributed by atoms with Crippen molar-refractivity contribution in [3.8, 4) is 11.5 Å². The number of nitro benzene ring substituents is 1. The lowest BCUT2D eigenvalue weighted by molar-refractivity contribution is -0.384. The van der Waals surface area contributed by atoms with Crippen LogP contribution in [0, 0.1) is 10.1 Å². The Hall–Kier alpha value is -3.85. The van der Waals surface area contributed by atoms with Crippen molar-refractivity contribution >= 4 is 50.4 Å². The van der Waals surface area contributed by atoms with Crippen molar-refractivity contribution < 1.29 is 14.1 Å². The summed E-state index contributed by atoms with van der Waals surface area (Å²) in [5.41, 5.74) is 2.96. The number of anilines is 1. The van der Waals surface area contributed by atoms with E-state index in [0.717, 1.165) is 10.0 Å². The fourth-order valence-corrected chi connectivity index (χ4v) is 3.12. The van der Waals surface area contributed by atoms with Crippen molar-refractivity contribution in [3.63, 3.8) is 0 Å².